The summed E-state index contributed by atoms with van der Waals surface area (Å²) in [5.41, 5.74) is 1.85. The van der Waals surface area contributed by atoms with Crippen LogP contribution in [0.15, 0.2) is 59.0 Å². The summed E-state index contributed by atoms with van der Waals surface area (Å²) in [6, 6.07) is 17.2. The highest BCUT2D eigenvalue weighted by Crippen LogP contribution is 2.42. The number of carbonyl (C=O) groups excluding carboxylic acids is 1. The van der Waals surface area contributed by atoms with Gasteiger partial charge >= 0.3 is 0 Å². The number of hydrogen-bond donors (Lipinski definition) is 0. The Kier molecular flexibility index (Phi) is 7.64. The molecule has 3 aromatic rings. The van der Waals surface area contributed by atoms with Gasteiger partial charge in [0.15, 0.2) is 0 Å². The number of nitrogens with zero attached hydrogens (tertiary/aromatic N) is 4. The second-order valence-electron chi connectivity index (χ2n) is 9.49. The van der Waals surface area contributed by atoms with Gasteiger partial charge in [-0.05, 0) is 42.8 Å². The van der Waals surface area contributed by atoms with E-state index in [9.17, 15) is 13.6 Å². The van der Waals surface area contributed by atoms with E-state index in [2.05, 4.69) is 15.1 Å². The summed E-state index contributed by atoms with van der Waals surface area (Å²) in [7, 11) is 0. The highest BCUT2D eigenvalue weighted by molar-refractivity contribution is 7.98. The number of thioether (sulfide) groups is 1. The van der Waals surface area contributed by atoms with E-state index in [1.165, 1.54) is 6.92 Å². The van der Waals surface area contributed by atoms with E-state index in [-0.39, 0.29) is 30.8 Å². The van der Waals surface area contributed by atoms with Gasteiger partial charge < -0.3 is 19.0 Å². The van der Waals surface area contributed by atoms with Crippen LogP contribution in [0.5, 0.6) is 5.75 Å². The molecule has 0 spiro atoms. The first kappa shape index (κ1) is 25.5. The van der Waals surface area contributed by atoms with Crippen LogP contribution in [0.1, 0.15) is 32.1 Å². The minimum atomic E-state index is -2.64. The van der Waals surface area contributed by atoms with E-state index in [0.29, 0.717) is 30.7 Å². The van der Waals surface area contributed by atoms with Crippen LogP contribution in [0.2, 0.25) is 0 Å². The maximum absolute atomic E-state index is 13.4. The quantitative estimate of drug-likeness (QED) is 0.332. The van der Waals surface area contributed by atoms with Crippen molar-refractivity contribution in [3.63, 3.8) is 0 Å². The number of aromatic nitrogens is 2. The summed E-state index contributed by atoms with van der Waals surface area (Å²) in [6.45, 7) is 3.49. The molecule has 2 fully saturated rings. The number of benzene rings is 2. The summed E-state index contributed by atoms with van der Waals surface area (Å²) in [5, 5.41) is 8.34. The molecule has 37 heavy (non-hydrogen) atoms. The maximum atomic E-state index is 13.4. The summed E-state index contributed by atoms with van der Waals surface area (Å²) in [4.78, 5) is 16.1. The van der Waals surface area contributed by atoms with E-state index < -0.39 is 5.92 Å². The van der Waals surface area contributed by atoms with Crippen LogP contribution >= 0.6 is 11.8 Å². The molecule has 5 rings (SSSR count). The molecule has 1 aromatic heterocycles. The number of hydrogen-bond acceptors (Lipinski definition) is 7. The summed E-state index contributed by atoms with van der Waals surface area (Å²) in [6.07, 6.45) is 0.304. The molecule has 0 N–H and O–H groups in total. The Balaban J connectivity index is 1.10. The molecular weight excluding hydrogens is 498 g/mol. The number of halogens is 2. The van der Waals surface area contributed by atoms with Crippen molar-refractivity contribution in [3.8, 4) is 17.2 Å². The third-order valence-corrected chi connectivity index (χ3v) is 7.70. The first-order valence-corrected chi connectivity index (χ1v) is 13.6. The molecule has 7 nitrogen and oxygen atoms in total. The zero-order valence-electron chi connectivity index (χ0n) is 20.7. The topological polar surface area (TPSA) is 71.7 Å². The molecule has 1 amide bonds. The van der Waals surface area contributed by atoms with Gasteiger partial charge in [0.25, 0.3) is 5.92 Å². The first-order valence-electron chi connectivity index (χ1n) is 12.5. The smallest absolute Gasteiger partial charge is 0.252 e. The van der Waals surface area contributed by atoms with Crippen molar-refractivity contribution in [1.29, 1.82) is 0 Å². The van der Waals surface area contributed by atoms with Gasteiger partial charge in [-0.1, -0.05) is 18.2 Å². The molecule has 1 aliphatic heterocycles. The van der Waals surface area contributed by atoms with Crippen LogP contribution < -0.4 is 9.64 Å². The number of ether oxygens (including phenoxy) is 1. The lowest BCUT2D eigenvalue weighted by atomic mass is 9.85. The van der Waals surface area contributed by atoms with Crippen molar-refractivity contribution in [2.45, 2.75) is 49.9 Å². The largest absolute Gasteiger partial charge is 0.493 e. The van der Waals surface area contributed by atoms with Crippen LogP contribution in [0, 0.1) is 0 Å². The number of rotatable bonds is 10. The fraction of sp³-hybridized carbons (Fsp3) is 0.444. The Morgan fingerprint density at radius 2 is 1.89 bits per heavy atom. The van der Waals surface area contributed by atoms with Gasteiger partial charge in [-0.3, -0.25) is 4.79 Å². The molecule has 2 aliphatic rings. The number of carbonyl (C=O) groups is 1. The van der Waals surface area contributed by atoms with Crippen molar-refractivity contribution < 1.29 is 22.7 Å². The zero-order chi connectivity index (χ0) is 25.8. The third kappa shape index (κ3) is 6.23. The highest BCUT2D eigenvalue weighted by atomic mass is 32.2. The molecular formula is C27H30F2N4O3S. The number of alkyl halides is 2. The van der Waals surface area contributed by atoms with Crippen LogP contribution in [-0.2, 0) is 10.5 Å². The molecule has 1 aliphatic carbocycles. The number of amides is 1. The van der Waals surface area contributed by atoms with Crippen LogP contribution in [0.4, 0.5) is 14.5 Å². The molecule has 0 radical (unpaired) electrons. The van der Waals surface area contributed by atoms with E-state index in [1.807, 2.05) is 54.6 Å². The molecule has 1 unspecified atom stereocenters. The van der Waals surface area contributed by atoms with E-state index in [1.54, 1.807) is 16.7 Å². The Hall–Kier alpha value is -3.14. The molecule has 2 heterocycles. The number of para-hydroxylation sites is 1. The summed E-state index contributed by atoms with van der Waals surface area (Å²) >= 11 is 1.67. The molecule has 0 bridgehead atoms. The van der Waals surface area contributed by atoms with Crippen LogP contribution in [0.25, 0.3) is 11.5 Å². The van der Waals surface area contributed by atoms with Gasteiger partial charge in [0, 0.05) is 55.9 Å². The normalized spacial score (nSPS) is 19.0. The molecule has 10 heteroatoms. The van der Waals surface area contributed by atoms with Crippen molar-refractivity contribution in [2.24, 2.45) is 0 Å². The standard InChI is InChI=1S/C27H30F2N4O3S/c1-19(34)33(23-15-27(28,29)16-23)22-11-12-32(17-22)21-9-7-20(8-10-21)26-31-30-25(36-26)18-37-14-13-35-24-5-3-2-4-6-24/h2-10,22-23H,11-18H2,1H3. The molecule has 1 atom stereocenters. The average molecular weight is 529 g/mol. The van der Waals surface area contributed by atoms with Crippen LogP contribution in [-0.4, -0.2) is 64.5 Å². The minimum absolute atomic E-state index is 0.0487. The highest BCUT2D eigenvalue weighted by Gasteiger charge is 2.50. The summed E-state index contributed by atoms with van der Waals surface area (Å²) in [5.74, 6) is 0.538. The van der Waals surface area contributed by atoms with E-state index in [0.717, 1.165) is 35.7 Å². The molecule has 196 valence electrons. The monoisotopic (exact) mass is 528 g/mol. The predicted molar refractivity (Wildman–Crippen MR) is 139 cm³/mol. The lowest BCUT2D eigenvalue weighted by Gasteiger charge is -2.45. The van der Waals surface area contributed by atoms with Crippen molar-refractivity contribution in [2.75, 3.05) is 30.3 Å². The second kappa shape index (κ2) is 11.1. The Morgan fingerprint density at radius 1 is 1.14 bits per heavy atom. The summed E-state index contributed by atoms with van der Waals surface area (Å²) < 4.78 is 38.3. The Morgan fingerprint density at radius 3 is 2.59 bits per heavy atom. The average Bonchev–Trinajstić information content (AvgIpc) is 3.54. The van der Waals surface area contributed by atoms with Crippen molar-refractivity contribution in [1.82, 2.24) is 15.1 Å². The van der Waals surface area contributed by atoms with E-state index in [4.69, 9.17) is 9.15 Å². The van der Waals surface area contributed by atoms with Gasteiger partial charge in [-0.25, -0.2) is 8.78 Å². The predicted octanol–water partition coefficient (Wildman–Crippen LogP) is 5.27. The van der Waals surface area contributed by atoms with Gasteiger partial charge in [-0.2, -0.15) is 0 Å². The van der Waals surface area contributed by atoms with Gasteiger partial charge in [0.1, 0.15) is 5.75 Å². The minimum Gasteiger partial charge on any atom is -0.493 e. The Bertz CT molecular complexity index is 1180. The van der Waals surface area contributed by atoms with Crippen LogP contribution in [0.3, 0.4) is 0 Å². The fourth-order valence-electron chi connectivity index (χ4n) is 4.98. The Labute approximate surface area is 219 Å². The molecule has 1 saturated carbocycles. The number of anilines is 1. The second-order valence-corrected chi connectivity index (χ2v) is 10.6. The first-order chi connectivity index (χ1) is 17.9. The molecule has 2 aromatic carbocycles. The van der Waals surface area contributed by atoms with Crippen molar-refractivity contribution in [3.05, 3.63) is 60.5 Å². The SMILES string of the molecule is CC(=O)N(C1CCN(c2ccc(-c3nnc(CSCCOc4ccccc4)o3)cc2)C1)C1CC(F)(F)C1. The lowest BCUT2D eigenvalue weighted by Crippen LogP contribution is -2.56. The maximum Gasteiger partial charge on any atom is 0.252 e. The van der Waals surface area contributed by atoms with Gasteiger partial charge in [-0.15, -0.1) is 22.0 Å². The zero-order valence-corrected chi connectivity index (χ0v) is 21.5. The molecule has 1 saturated heterocycles. The van der Waals surface area contributed by atoms with E-state index >= 15 is 0 Å². The van der Waals surface area contributed by atoms with Crippen molar-refractivity contribution >= 4 is 23.4 Å². The lowest BCUT2D eigenvalue weighted by molar-refractivity contribution is -0.155. The third-order valence-electron chi connectivity index (χ3n) is 6.79. The van der Waals surface area contributed by atoms with Gasteiger partial charge in [0.05, 0.1) is 18.4 Å². The fourth-order valence-corrected chi connectivity index (χ4v) is 5.62. The van der Waals surface area contributed by atoms with Gasteiger partial charge in [0.2, 0.25) is 17.7 Å².